The monoisotopic (exact) mass is 391 g/mol. The molecule has 1 aromatic carbocycles. The summed E-state index contributed by atoms with van der Waals surface area (Å²) in [4.78, 5) is 8.33. The summed E-state index contributed by atoms with van der Waals surface area (Å²) in [6.45, 7) is 1.81. The molecule has 1 saturated heterocycles. The van der Waals surface area contributed by atoms with Crippen LogP contribution >= 0.6 is 0 Å². The summed E-state index contributed by atoms with van der Waals surface area (Å²) >= 11 is 0. The molecule has 4 rings (SSSR count). The minimum atomic E-state index is -3.48. The van der Waals surface area contributed by atoms with Gasteiger partial charge >= 0.3 is 0 Å². The predicted molar refractivity (Wildman–Crippen MR) is 97.1 cm³/mol. The Balaban J connectivity index is 1.68. The third-order valence-corrected chi connectivity index (χ3v) is 5.65. The Labute approximate surface area is 154 Å². The molecular weight excluding hydrogens is 373 g/mol. The van der Waals surface area contributed by atoms with Gasteiger partial charge in [-0.2, -0.15) is 0 Å². The van der Waals surface area contributed by atoms with Crippen molar-refractivity contribution < 1.29 is 12.8 Å². The molecule has 3 heterocycles. The minimum Gasteiger partial charge on any atom is -0.336 e. The van der Waals surface area contributed by atoms with Gasteiger partial charge in [0.1, 0.15) is 12.1 Å². The highest BCUT2D eigenvalue weighted by molar-refractivity contribution is 7.90. The van der Waals surface area contributed by atoms with Crippen LogP contribution in [0.5, 0.6) is 0 Å². The number of halogens is 1. The van der Waals surface area contributed by atoms with Crippen LogP contribution in [0.15, 0.2) is 29.4 Å². The summed E-state index contributed by atoms with van der Waals surface area (Å²) in [5.41, 5.74) is 1.11. The van der Waals surface area contributed by atoms with E-state index in [1.54, 1.807) is 4.68 Å². The van der Waals surface area contributed by atoms with Crippen molar-refractivity contribution in [2.75, 3.05) is 24.7 Å². The van der Waals surface area contributed by atoms with Crippen molar-refractivity contribution in [1.82, 2.24) is 30.3 Å². The summed E-state index contributed by atoms with van der Waals surface area (Å²) in [7, 11) is -3.48. The van der Waals surface area contributed by atoms with Gasteiger partial charge in [0, 0.05) is 6.26 Å². The van der Waals surface area contributed by atoms with E-state index < -0.39 is 15.7 Å². The number of benzene rings is 1. The molecule has 27 heavy (non-hydrogen) atoms. The maximum absolute atomic E-state index is 14.3. The van der Waals surface area contributed by atoms with Gasteiger partial charge in [-0.05, 0) is 44.1 Å². The lowest BCUT2D eigenvalue weighted by Gasteiger charge is -2.22. The Bertz CT molecular complexity index is 1090. The fraction of sp³-hybridized carbons (Fsp3) is 0.375. The largest absolute Gasteiger partial charge is 0.336 e. The quantitative estimate of drug-likeness (QED) is 0.686. The van der Waals surface area contributed by atoms with Crippen LogP contribution in [0.4, 0.5) is 15.9 Å². The average molecular weight is 391 g/mol. The van der Waals surface area contributed by atoms with Gasteiger partial charge in [0.2, 0.25) is 0 Å². The van der Waals surface area contributed by atoms with E-state index in [0.717, 1.165) is 38.3 Å². The smallest absolute Gasteiger partial charge is 0.184 e. The van der Waals surface area contributed by atoms with E-state index in [9.17, 15) is 12.8 Å². The Hall–Kier alpha value is -2.66. The van der Waals surface area contributed by atoms with E-state index >= 15 is 0 Å². The lowest BCUT2D eigenvalue weighted by atomic mass is 10.1. The Morgan fingerprint density at radius 1 is 1.26 bits per heavy atom. The first-order chi connectivity index (χ1) is 12.9. The zero-order chi connectivity index (χ0) is 19.0. The third kappa shape index (κ3) is 3.47. The highest BCUT2D eigenvalue weighted by Crippen LogP contribution is 2.27. The van der Waals surface area contributed by atoms with Crippen LogP contribution < -0.4 is 10.6 Å². The molecule has 0 unspecified atom stereocenters. The van der Waals surface area contributed by atoms with E-state index in [4.69, 9.17) is 0 Å². The van der Waals surface area contributed by atoms with Crippen molar-refractivity contribution in [2.45, 2.75) is 23.8 Å². The molecular formula is C16H18FN7O2S. The summed E-state index contributed by atoms with van der Waals surface area (Å²) in [5.74, 6) is -0.387. The molecule has 142 valence electrons. The molecule has 1 aliphatic rings. The summed E-state index contributed by atoms with van der Waals surface area (Å²) in [6, 6.07) is 3.87. The van der Waals surface area contributed by atoms with Crippen LogP contribution in [0.2, 0.25) is 0 Å². The number of nitrogens with zero attached hydrogens (tertiary/aromatic N) is 5. The second-order valence-electron chi connectivity index (χ2n) is 6.45. The Morgan fingerprint density at radius 2 is 2.04 bits per heavy atom. The molecule has 0 aliphatic carbocycles. The first-order valence-electron chi connectivity index (χ1n) is 8.47. The number of piperidine rings is 1. The fourth-order valence-electron chi connectivity index (χ4n) is 3.11. The molecule has 1 fully saturated rings. The van der Waals surface area contributed by atoms with E-state index in [2.05, 4.69) is 30.9 Å². The van der Waals surface area contributed by atoms with E-state index in [1.807, 2.05) is 0 Å². The van der Waals surface area contributed by atoms with Gasteiger partial charge in [-0.3, -0.25) is 0 Å². The third-order valence-electron chi connectivity index (χ3n) is 4.54. The van der Waals surface area contributed by atoms with Gasteiger partial charge in [0.25, 0.3) is 0 Å². The van der Waals surface area contributed by atoms with Crippen LogP contribution in [-0.4, -0.2) is 52.7 Å². The number of fused-ring (bicyclic) bond motifs is 1. The molecule has 1 aliphatic heterocycles. The van der Waals surface area contributed by atoms with Gasteiger partial charge < -0.3 is 10.6 Å². The molecule has 0 bridgehead atoms. The maximum atomic E-state index is 14.3. The van der Waals surface area contributed by atoms with Crippen molar-refractivity contribution in [3.05, 3.63) is 30.3 Å². The fourth-order valence-corrected chi connectivity index (χ4v) is 3.74. The number of rotatable bonds is 4. The zero-order valence-corrected chi connectivity index (χ0v) is 15.4. The lowest BCUT2D eigenvalue weighted by molar-refractivity contribution is 0.344. The van der Waals surface area contributed by atoms with Crippen LogP contribution in [0, 0.1) is 5.82 Å². The molecule has 0 radical (unpaired) electrons. The molecule has 3 aromatic rings. The second-order valence-corrected chi connectivity index (χ2v) is 8.46. The topological polar surface area (TPSA) is 115 Å². The maximum Gasteiger partial charge on any atom is 0.184 e. The molecule has 11 heteroatoms. The summed E-state index contributed by atoms with van der Waals surface area (Å²) in [5, 5.41) is 14.5. The van der Waals surface area contributed by atoms with Crippen LogP contribution in [-0.2, 0) is 9.84 Å². The molecule has 0 saturated carbocycles. The van der Waals surface area contributed by atoms with Crippen molar-refractivity contribution >= 4 is 32.5 Å². The van der Waals surface area contributed by atoms with E-state index in [1.165, 1.54) is 18.5 Å². The van der Waals surface area contributed by atoms with E-state index in [-0.39, 0.29) is 16.6 Å². The summed E-state index contributed by atoms with van der Waals surface area (Å²) in [6.07, 6.45) is 4.25. The van der Waals surface area contributed by atoms with Crippen molar-refractivity contribution in [1.29, 1.82) is 0 Å². The number of aromatic nitrogens is 5. The Kier molecular flexibility index (Phi) is 4.48. The lowest BCUT2D eigenvalue weighted by Crippen LogP contribution is -2.30. The number of nitrogens with one attached hydrogen (secondary N) is 2. The predicted octanol–water partition coefficient (Wildman–Crippen LogP) is 1.43. The van der Waals surface area contributed by atoms with Gasteiger partial charge in [-0.25, -0.2) is 27.5 Å². The van der Waals surface area contributed by atoms with Crippen LogP contribution in [0.3, 0.4) is 0 Å². The molecule has 2 aromatic heterocycles. The van der Waals surface area contributed by atoms with Crippen LogP contribution in [0.25, 0.3) is 11.2 Å². The Morgan fingerprint density at radius 3 is 2.74 bits per heavy atom. The number of sulfone groups is 1. The molecule has 9 nitrogen and oxygen atoms in total. The molecule has 2 N–H and O–H groups in total. The highest BCUT2D eigenvalue weighted by atomic mass is 32.2. The van der Waals surface area contributed by atoms with Crippen LogP contribution in [0.1, 0.15) is 18.9 Å². The molecule has 0 atom stereocenters. The number of hydrogen-bond donors (Lipinski definition) is 2. The first kappa shape index (κ1) is 17.7. The molecule has 0 amide bonds. The van der Waals surface area contributed by atoms with Crippen molar-refractivity contribution in [2.24, 2.45) is 0 Å². The highest BCUT2D eigenvalue weighted by Gasteiger charge is 2.21. The average Bonchev–Trinajstić information content (AvgIpc) is 3.08. The normalized spacial score (nSPS) is 15.9. The molecule has 0 spiro atoms. The summed E-state index contributed by atoms with van der Waals surface area (Å²) < 4.78 is 39.2. The first-order valence-corrected chi connectivity index (χ1v) is 10.4. The van der Waals surface area contributed by atoms with Crippen molar-refractivity contribution in [3.8, 4) is 0 Å². The van der Waals surface area contributed by atoms with Gasteiger partial charge in [0.15, 0.2) is 26.8 Å². The van der Waals surface area contributed by atoms with Crippen molar-refractivity contribution in [3.63, 3.8) is 0 Å². The number of anilines is 2. The van der Waals surface area contributed by atoms with E-state index in [0.29, 0.717) is 17.0 Å². The number of hydrogen-bond acceptors (Lipinski definition) is 8. The van der Waals surface area contributed by atoms with Gasteiger partial charge in [-0.15, -0.1) is 5.10 Å². The second kappa shape index (κ2) is 6.82. The SMILES string of the molecule is CS(=O)(=O)c1ccc(Nc2ncnc3c2nnn3C2CCNCC2)c(F)c1. The minimum absolute atomic E-state index is 0.0877. The van der Waals surface area contributed by atoms with Gasteiger partial charge in [-0.1, -0.05) is 5.21 Å². The zero-order valence-electron chi connectivity index (χ0n) is 14.6. The van der Waals surface area contributed by atoms with Gasteiger partial charge in [0.05, 0.1) is 16.6 Å². The standard InChI is InChI=1S/C16H18FN7O2S/c1-27(25,26)11-2-3-13(12(17)8-11)21-15-14-16(20-9-19-15)24(23-22-14)10-4-6-18-7-5-10/h2-3,8-10,18H,4-7H2,1H3,(H,19,20,21).